The van der Waals surface area contributed by atoms with Gasteiger partial charge in [0.2, 0.25) is 0 Å². The highest BCUT2D eigenvalue weighted by atomic mass is 32.1. The molecule has 0 unspecified atom stereocenters. The van der Waals surface area contributed by atoms with Crippen molar-refractivity contribution in [2.45, 2.75) is 6.18 Å². The molecule has 0 saturated carbocycles. The number of hydrogen-bond acceptors (Lipinski definition) is 3. The Morgan fingerprint density at radius 3 is 2.17 bits per heavy atom. The molecule has 3 nitrogen and oxygen atoms in total. The maximum Gasteiger partial charge on any atom is 0.416 e. The van der Waals surface area contributed by atoms with Crippen LogP contribution < -0.4 is 5.73 Å². The number of carbonyl (C=O) groups is 1. The summed E-state index contributed by atoms with van der Waals surface area (Å²) in [4.78, 5) is 15.7. The van der Waals surface area contributed by atoms with E-state index in [-0.39, 0.29) is 0 Å². The Bertz CT molecular complexity index is 885. The van der Waals surface area contributed by atoms with E-state index in [1.165, 1.54) is 18.3 Å². The first kappa shape index (κ1) is 16.2. The zero-order chi connectivity index (χ0) is 17.3. The molecule has 24 heavy (non-hydrogen) atoms. The number of benzene rings is 2. The molecule has 3 aromatic rings. The predicted octanol–water partition coefficient (Wildman–Crippen LogP) is 4.59. The SMILES string of the molecule is NC(=O)c1cnc(-c2ccccc2-c2ccc(C(F)(F)F)cc2)s1. The number of amides is 1. The summed E-state index contributed by atoms with van der Waals surface area (Å²) < 4.78 is 38.1. The number of nitrogens with two attached hydrogens (primary N) is 1. The molecular formula is C17H11F3N2OS. The van der Waals surface area contributed by atoms with Gasteiger partial charge in [0.15, 0.2) is 0 Å². The number of carbonyl (C=O) groups excluding carboxylic acids is 1. The third-order valence-corrected chi connectivity index (χ3v) is 4.47. The Morgan fingerprint density at radius 2 is 1.62 bits per heavy atom. The summed E-state index contributed by atoms with van der Waals surface area (Å²) in [5.41, 5.74) is 6.63. The van der Waals surface area contributed by atoms with Crippen LogP contribution in [0.5, 0.6) is 0 Å². The van der Waals surface area contributed by atoms with Crippen molar-refractivity contribution in [1.29, 1.82) is 0 Å². The highest BCUT2D eigenvalue weighted by Gasteiger charge is 2.30. The summed E-state index contributed by atoms with van der Waals surface area (Å²) in [6.45, 7) is 0. The third-order valence-electron chi connectivity index (χ3n) is 3.43. The van der Waals surface area contributed by atoms with Gasteiger partial charge >= 0.3 is 6.18 Å². The van der Waals surface area contributed by atoms with Crippen LogP contribution in [0.2, 0.25) is 0 Å². The fourth-order valence-electron chi connectivity index (χ4n) is 2.27. The maximum atomic E-state index is 12.7. The van der Waals surface area contributed by atoms with Crippen LogP contribution in [0.1, 0.15) is 15.2 Å². The Morgan fingerprint density at radius 1 is 1.00 bits per heavy atom. The quantitative estimate of drug-likeness (QED) is 0.752. The van der Waals surface area contributed by atoms with Gasteiger partial charge < -0.3 is 5.73 Å². The first-order valence-electron chi connectivity index (χ1n) is 6.89. The Kier molecular flexibility index (Phi) is 4.11. The lowest BCUT2D eigenvalue weighted by Gasteiger charge is -2.10. The van der Waals surface area contributed by atoms with Crippen LogP contribution in [-0.2, 0) is 6.18 Å². The van der Waals surface area contributed by atoms with Gasteiger partial charge in [-0.1, -0.05) is 36.4 Å². The molecule has 0 aliphatic rings. The number of halogens is 3. The zero-order valence-corrected chi connectivity index (χ0v) is 13.0. The zero-order valence-electron chi connectivity index (χ0n) is 12.2. The number of hydrogen-bond donors (Lipinski definition) is 1. The van der Waals surface area contributed by atoms with E-state index in [2.05, 4.69) is 4.98 Å². The van der Waals surface area contributed by atoms with E-state index in [1.807, 2.05) is 0 Å². The van der Waals surface area contributed by atoms with E-state index in [9.17, 15) is 18.0 Å². The minimum atomic E-state index is -4.37. The van der Waals surface area contributed by atoms with Crippen LogP contribution in [0.4, 0.5) is 13.2 Å². The van der Waals surface area contributed by atoms with Gasteiger partial charge in [-0.25, -0.2) is 4.98 Å². The molecule has 2 aromatic carbocycles. The first-order valence-corrected chi connectivity index (χ1v) is 7.70. The number of nitrogens with zero attached hydrogens (tertiary/aromatic N) is 1. The predicted molar refractivity (Wildman–Crippen MR) is 86.5 cm³/mol. The van der Waals surface area contributed by atoms with Crippen LogP contribution in [0.15, 0.2) is 54.7 Å². The van der Waals surface area contributed by atoms with Crippen molar-refractivity contribution in [3.8, 4) is 21.7 Å². The van der Waals surface area contributed by atoms with Crippen molar-refractivity contribution in [3.05, 3.63) is 65.2 Å². The van der Waals surface area contributed by atoms with Crippen LogP contribution in [0.3, 0.4) is 0 Å². The minimum Gasteiger partial charge on any atom is -0.365 e. The minimum absolute atomic E-state index is 0.326. The van der Waals surface area contributed by atoms with E-state index in [0.717, 1.165) is 34.6 Å². The molecule has 2 N–H and O–H groups in total. The van der Waals surface area contributed by atoms with Gasteiger partial charge in [0.25, 0.3) is 5.91 Å². The van der Waals surface area contributed by atoms with Gasteiger partial charge in [-0.15, -0.1) is 11.3 Å². The van der Waals surface area contributed by atoms with Gasteiger partial charge in [0.1, 0.15) is 9.88 Å². The molecule has 0 spiro atoms. The average molecular weight is 348 g/mol. The van der Waals surface area contributed by atoms with Crippen LogP contribution in [0, 0.1) is 0 Å². The second kappa shape index (κ2) is 6.09. The van der Waals surface area contributed by atoms with Crippen LogP contribution in [-0.4, -0.2) is 10.9 Å². The van der Waals surface area contributed by atoms with Gasteiger partial charge in [-0.3, -0.25) is 4.79 Å². The van der Waals surface area contributed by atoms with Crippen molar-refractivity contribution in [2.75, 3.05) is 0 Å². The Hall–Kier alpha value is -2.67. The molecule has 0 aliphatic heterocycles. The molecule has 0 atom stereocenters. The number of rotatable bonds is 3. The highest BCUT2D eigenvalue weighted by molar-refractivity contribution is 7.17. The van der Waals surface area contributed by atoms with Crippen molar-refractivity contribution >= 4 is 17.2 Å². The fourth-order valence-corrected chi connectivity index (χ4v) is 3.08. The van der Waals surface area contributed by atoms with E-state index < -0.39 is 17.6 Å². The summed E-state index contributed by atoms with van der Waals surface area (Å²) in [7, 11) is 0. The molecule has 0 radical (unpaired) electrons. The van der Waals surface area contributed by atoms with Gasteiger partial charge in [-0.05, 0) is 23.3 Å². The van der Waals surface area contributed by atoms with Crippen LogP contribution >= 0.6 is 11.3 Å². The molecule has 0 bridgehead atoms. The number of alkyl halides is 3. The van der Waals surface area contributed by atoms with E-state index >= 15 is 0 Å². The number of aromatic nitrogens is 1. The Labute approximate surface area is 139 Å². The lowest BCUT2D eigenvalue weighted by Crippen LogP contribution is -2.08. The second-order valence-corrected chi connectivity index (χ2v) is 6.05. The summed E-state index contributed by atoms with van der Waals surface area (Å²) in [5.74, 6) is -0.564. The number of thiazole rings is 1. The maximum absolute atomic E-state index is 12.7. The fraction of sp³-hybridized carbons (Fsp3) is 0.0588. The van der Waals surface area contributed by atoms with Crippen molar-refractivity contribution in [1.82, 2.24) is 4.98 Å². The lowest BCUT2D eigenvalue weighted by atomic mass is 9.99. The summed E-state index contributed by atoms with van der Waals surface area (Å²) in [5, 5.41) is 0.583. The molecule has 1 heterocycles. The smallest absolute Gasteiger partial charge is 0.365 e. The number of primary amides is 1. The third kappa shape index (κ3) is 3.16. The molecular weight excluding hydrogens is 337 g/mol. The summed E-state index contributed by atoms with van der Waals surface area (Å²) in [6, 6.07) is 12.1. The van der Waals surface area contributed by atoms with Crippen molar-refractivity contribution in [3.63, 3.8) is 0 Å². The van der Waals surface area contributed by atoms with Gasteiger partial charge in [0, 0.05) is 5.56 Å². The first-order chi connectivity index (χ1) is 11.4. The molecule has 3 rings (SSSR count). The molecule has 0 fully saturated rings. The highest BCUT2D eigenvalue weighted by Crippen LogP contribution is 2.36. The topological polar surface area (TPSA) is 56.0 Å². The largest absolute Gasteiger partial charge is 0.416 e. The summed E-state index contributed by atoms with van der Waals surface area (Å²) in [6.07, 6.45) is -2.98. The molecule has 0 saturated heterocycles. The monoisotopic (exact) mass is 348 g/mol. The lowest BCUT2D eigenvalue weighted by molar-refractivity contribution is -0.137. The molecule has 1 aromatic heterocycles. The molecule has 1 amide bonds. The van der Waals surface area contributed by atoms with Gasteiger partial charge in [-0.2, -0.15) is 13.2 Å². The van der Waals surface area contributed by atoms with E-state index in [1.54, 1.807) is 24.3 Å². The molecule has 0 aliphatic carbocycles. The van der Waals surface area contributed by atoms with Crippen LogP contribution in [0.25, 0.3) is 21.7 Å². The van der Waals surface area contributed by atoms with E-state index in [4.69, 9.17) is 5.73 Å². The Balaban J connectivity index is 2.04. The second-order valence-electron chi connectivity index (χ2n) is 5.01. The summed E-state index contributed by atoms with van der Waals surface area (Å²) >= 11 is 1.14. The van der Waals surface area contributed by atoms with Crippen molar-refractivity contribution < 1.29 is 18.0 Å². The van der Waals surface area contributed by atoms with Gasteiger partial charge in [0.05, 0.1) is 11.8 Å². The average Bonchev–Trinajstić information content (AvgIpc) is 3.04. The molecule has 7 heteroatoms. The van der Waals surface area contributed by atoms with E-state index in [0.29, 0.717) is 15.4 Å². The normalized spacial score (nSPS) is 11.5. The molecule has 122 valence electrons. The standard InChI is InChI=1S/C17H11F3N2OS/c18-17(19,20)11-7-5-10(6-8-11)12-3-1-2-4-13(12)16-22-9-14(24-16)15(21)23/h1-9H,(H2,21,23). The van der Waals surface area contributed by atoms with Crippen molar-refractivity contribution in [2.24, 2.45) is 5.73 Å².